The lowest BCUT2D eigenvalue weighted by Gasteiger charge is -2.13. The Morgan fingerprint density at radius 1 is 0.377 bits per heavy atom. The van der Waals surface area contributed by atoms with E-state index in [2.05, 4.69) is 140 Å². The lowest BCUT2D eigenvalue weighted by molar-refractivity contribution is 0.103. The molecule has 8 aromatic heterocycles. The number of aryl methyl sites for hydroxylation is 4. The molecule has 0 saturated heterocycles. The van der Waals surface area contributed by atoms with Crippen molar-refractivity contribution in [1.29, 1.82) is 15.8 Å². The SMILES string of the molecule is C#C/C(C#N)=C1/C(=C/c2cc(CCCCCC)c(-c3cc(CCCCCC)c(-c4cc5c(-c6ccc(CC(CC)CCCC)s6)c6sc(-c7sc(-c8sc(/C=C9\C(=O)c%10ccccc%10C9=C(C#N)C#N)cc8CCCCCC)cc7CCCCCC)cc6c(-c6ccc(CC(CC)CCCC)s6)c5s4)s3)s2)C(=O)c2ccccc21. The molecular formula is C101H107N3O2S8. The molecule has 0 aliphatic heterocycles. The van der Waals surface area contributed by atoms with Crippen LogP contribution >= 0.6 is 90.7 Å². The van der Waals surface area contributed by atoms with Crippen LogP contribution in [0.5, 0.6) is 0 Å². The number of rotatable bonds is 40. The fourth-order valence-corrected chi connectivity index (χ4v) is 27.1. The summed E-state index contributed by atoms with van der Waals surface area (Å²) in [6.45, 7) is 18.6. The first-order valence-electron chi connectivity index (χ1n) is 42.5. The summed E-state index contributed by atoms with van der Waals surface area (Å²) in [6, 6.07) is 46.4. The Morgan fingerprint density at radius 2 is 0.728 bits per heavy atom. The monoisotopic (exact) mass is 1650 g/mol. The maximum atomic E-state index is 14.5. The van der Waals surface area contributed by atoms with Crippen molar-refractivity contribution in [1.82, 2.24) is 0 Å². The molecule has 586 valence electrons. The quantitative estimate of drug-likeness (QED) is 0.0165. The highest BCUT2D eigenvalue weighted by Crippen LogP contribution is 2.58. The van der Waals surface area contributed by atoms with Crippen LogP contribution in [0.4, 0.5) is 0 Å². The van der Waals surface area contributed by atoms with Gasteiger partial charge in [0.15, 0.2) is 11.6 Å². The van der Waals surface area contributed by atoms with Crippen molar-refractivity contribution in [3.63, 3.8) is 0 Å². The number of carbonyl (C=O) groups is 2. The Bertz CT molecular complexity index is 5170. The first kappa shape index (κ1) is 84.0. The second-order valence-corrected chi connectivity index (χ2v) is 40.0. The van der Waals surface area contributed by atoms with Crippen molar-refractivity contribution in [3.05, 3.63) is 196 Å². The van der Waals surface area contributed by atoms with E-state index in [9.17, 15) is 25.4 Å². The van der Waals surface area contributed by atoms with Gasteiger partial charge in [-0.3, -0.25) is 9.59 Å². The molecule has 0 fully saturated rings. The molecule has 2 unspecified atom stereocenters. The van der Waals surface area contributed by atoms with Gasteiger partial charge in [-0.15, -0.1) is 97.1 Å². The van der Waals surface area contributed by atoms with E-state index in [4.69, 9.17) is 6.42 Å². The predicted octanol–water partition coefficient (Wildman–Crippen LogP) is 32.8. The number of nitriles is 3. The average molecular weight is 1650 g/mol. The Morgan fingerprint density at radius 3 is 1.09 bits per heavy atom. The van der Waals surface area contributed by atoms with Crippen molar-refractivity contribution < 1.29 is 9.59 Å². The minimum Gasteiger partial charge on any atom is -0.289 e. The molecule has 11 aromatic rings. The van der Waals surface area contributed by atoms with Crippen molar-refractivity contribution in [2.24, 2.45) is 11.8 Å². The molecular weight excluding hydrogens is 1540 g/mol. The molecule has 0 saturated carbocycles. The number of allylic oxidation sites excluding steroid dienone is 6. The third kappa shape index (κ3) is 18.6. The van der Waals surface area contributed by atoms with E-state index >= 15 is 0 Å². The van der Waals surface area contributed by atoms with E-state index in [1.165, 1.54) is 215 Å². The minimum atomic E-state index is -0.149. The lowest BCUT2D eigenvalue weighted by atomic mass is 9.95. The maximum absolute atomic E-state index is 14.5. The number of benzene rings is 3. The maximum Gasteiger partial charge on any atom is 0.194 e. The summed E-state index contributed by atoms with van der Waals surface area (Å²) < 4.78 is 2.71. The fourth-order valence-electron chi connectivity index (χ4n) is 16.9. The van der Waals surface area contributed by atoms with Gasteiger partial charge in [0, 0.05) is 133 Å². The molecule has 5 nitrogen and oxygen atoms in total. The molecule has 0 amide bonds. The Kier molecular flexibility index (Phi) is 29.7. The molecule has 2 atom stereocenters. The first-order valence-corrected chi connectivity index (χ1v) is 49.0. The summed E-state index contributed by atoms with van der Waals surface area (Å²) in [7, 11) is 0. The Balaban J connectivity index is 1.03. The molecule has 0 bridgehead atoms. The van der Waals surface area contributed by atoms with Gasteiger partial charge in [-0.05, 0) is 182 Å². The highest BCUT2D eigenvalue weighted by atomic mass is 32.1. The summed E-state index contributed by atoms with van der Waals surface area (Å²) in [4.78, 5) is 46.9. The molecule has 114 heavy (non-hydrogen) atoms. The molecule has 3 aromatic carbocycles. The van der Waals surface area contributed by atoms with Crippen molar-refractivity contribution >= 4 is 146 Å². The summed E-state index contributed by atoms with van der Waals surface area (Å²) in [5.74, 6) is 3.66. The van der Waals surface area contributed by atoms with Gasteiger partial charge in [0.05, 0.1) is 0 Å². The standard InChI is InChI=1S/C101H107N3O2S8/c1-10-19-25-29-39-67-53-74(57-80-90(66(18-9)61-102)76-43-33-35-45-78(76)94(80)105)109-96(67)86-55-69(41-31-27-21-12-3)98(111-86)88-59-82-92(84-49-47-72(107-84)51-64(16-7)37-23-14-5)101-83(93(100(82)113-88)85-50-48-73(108-85)52-65(17-8)38-24-15-6)60-89(114-101)99-70(42-32-28-22-13-4)56-87(112-99)97-68(40-30-26-20-11-2)54-75(110-97)58-81-91(71(62-103)63-104)77-44-34-36-46-79(77)95(81)106/h9,33-36,43-50,53-60,64-65H,10-17,19-32,37-42,51-52H2,1-8H3/b80-57-,81-58-,90-66-. The van der Waals surface area contributed by atoms with Gasteiger partial charge < -0.3 is 0 Å². The van der Waals surface area contributed by atoms with Crippen LogP contribution in [0.2, 0.25) is 0 Å². The number of fused-ring (bicyclic) bond motifs is 4. The third-order valence-corrected chi connectivity index (χ3v) is 33.0. The van der Waals surface area contributed by atoms with E-state index in [0.717, 1.165) is 105 Å². The van der Waals surface area contributed by atoms with Gasteiger partial charge in [-0.2, -0.15) is 15.8 Å². The summed E-state index contributed by atoms with van der Waals surface area (Å²) in [5, 5.41) is 33.8. The molecule has 0 N–H and O–H groups in total. The highest BCUT2D eigenvalue weighted by Gasteiger charge is 2.35. The smallest absolute Gasteiger partial charge is 0.194 e. The van der Waals surface area contributed by atoms with Crippen molar-refractivity contribution in [3.8, 4) is 90.4 Å². The van der Waals surface area contributed by atoms with Crippen LogP contribution < -0.4 is 0 Å². The number of terminal acetylenes is 1. The van der Waals surface area contributed by atoms with E-state index < -0.39 is 0 Å². The van der Waals surface area contributed by atoms with Gasteiger partial charge in [0.25, 0.3) is 0 Å². The fraction of sp³-hybridized carbons (Fsp3) is 0.396. The van der Waals surface area contributed by atoms with Gasteiger partial charge >= 0.3 is 0 Å². The zero-order valence-electron chi connectivity index (χ0n) is 67.9. The number of Topliss-reactive ketones (excluding diaryl/α,β-unsaturated/α-hetero) is 2. The number of thiophene rings is 8. The van der Waals surface area contributed by atoms with Crippen LogP contribution in [-0.4, -0.2) is 11.6 Å². The van der Waals surface area contributed by atoms with Crippen LogP contribution in [0, 0.1) is 58.2 Å². The lowest BCUT2D eigenvalue weighted by Crippen LogP contribution is -2.01. The first-order chi connectivity index (χ1) is 55.8. The number of ketones is 2. The second-order valence-electron chi connectivity index (χ2n) is 31.3. The van der Waals surface area contributed by atoms with Gasteiger partial charge in [0.2, 0.25) is 0 Å². The van der Waals surface area contributed by atoms with Gasteiger partial charge in [-0.25, -0.2) is 0 Å². The number of carbonyl (C=O) groups excluding carboxylic acids is 2. The third-order valence-electron chi connectivity index (χ3n) is 23.2. The second kappa shape index (κ2) is 40.3. The summed E-state index contributed by atoms with van der Waals surface area (Å²) in [6.07, 6.45) is 44.2. The van der Waals surface area contributed by atoms with E-state index in [1.54, 1.807) is 22.7 Å². The van der Waals surface area contributed by atoms with E-state index in [1.807, 2.05) is 129 Å². The minimum absolute atomic E-state index is 0.0414. The summed E-state index contributed by atoms with van der Waals surface area (Å²) in [5.41, 5.74) is 12.6. The van der Waals surface area contributed by atoms with Gasteiger partial charge in [-0.1, -0.05) is 238 Å². The molecule has 0 radical (unpaired) electrons. The van der Waals surface area contributed by atoms with Crippen LogP contribution in [0.25, 0.3) is 103 Å². The zero-order chi connectivity index (χ0) is 79.8. The van der Waals surface area contributed by atoms with Crippen molar-refractivity contribution in [2.75, 3.05) is 0 Å². The van der Waals surface area contributed by atoms with Gasteiger partial charge in [0.1, 0.15) is 29.4 Å². The van der Waals surface area contributed by atoms with Crippen LogP contribution in [0.3, 0.4) is 0 Å². The number of nitrogens with zero attached hydrogens (tertiary/aromatic N) is 3. The van der Waals surface area contributed by atoms with Crippen LogP contribution in [0.15, 0.2) is 131 Å². The zero-order valence-corrected chi connectivity index (χ0v) is 74.4. The Labute approximate surface area is 710 Å². The largest absolute Gasteiger partial charge is 0.289 e. The number of hydrogen-bond acceptors (Lipinski definition) is 13. The van der Waals surface area contributed by atoms with Crippen LogP contribution in [-0.2, 0) is 38.5 Å². The predicted molar refractivity (Wildman–Crippen MR) is 500 cm³/mol. The normalized spacial score (nSPS) is 14.4. The van der Waals surface area contributed by atoms with E-state index in [0.29, 0.717) is 50.8 Å². The number of unbranched alkanes of at least 4 members (excludes halogenated alkanes) is 14. The molecule has 2 aliphatic carbocycles. The highest BCUT2D eigenvalue weighted by molar-refractivity contribution is 7.31. The van der Waals surface area contributed by atoms with Crippen molar-refractivity contribution in [2.45, 2.75) is 248 Å². The Hall–Kier alpha value is -7.89. The molecule has 13 heteroatoms. The summed E-state index contributed by atoms with van der Waals surface area (Å²) >= 11 is 15.5. The topological polar surface area (TPSA) is 106 Å². The molecule has 8 heterocycles. The molecule has 0 spiro atoms. The average Bonchev–Trinajstić information content (AvgIpc) is 1.81. The number of hydrogen-bond donors (Lipinski definition) is 0. The van der Waals surface area contributed by atoms with Crippen LogP contribution in [0.1, 0.15) is 283 Å². The molecule has 13 rings (SSSR count). The molecule has 2 aliphatic rings. The van der Waals surface area contributed by atoms with E-state index in [-0.39, 0.29) is 22.7 Å².